The third-order valence-electron chi connectivity index (χ3n) is 9.55. The molecule has 4 amide bonds. The van der Waals surface area contributed by atoms with Gasteiger partial charge < -0.3 is 34.9 Å². The van der Waals surface area contributed by atoms with Crippen LogP contribution < -0.4 is 5.73 Å². The van der Waals surface area contributed by atoms with Crippen LogP contribution in [0.25, 0.3) is 0 Å². The average Bonchev–Trinajstić information content (AvgIpc) is 3.17. The number of esters is 1. The molecule has 296 valence electrons. The first-order valence-electron chi connectivity index (χ1n) is 18.1. The second kappa shape index (κ2) is 16.6. The molecule has 0 aliphatic carbocycles. The van der Waals surface area contributed by atoms with E-state index >= 15 is 0 Å². The summed E-state index contributed by atoms with van der Waals surface area (Å²) in [6, 6.07) is 20.1. The summed E-state index contributed by atoms with van der Waals surface area (Å²) < 4.78 is 31.6. The lowest BCUT2D eigenvalue weighted by atomic mass is 9.98. The molecule has 16 heteroatoms. The minimum atomic E-state index is -2.04. The van der Waals surface area contributed by atoms with Crippen molar-refractivity contribution in [2.45, 2.75) is 49.9 Å². The summed E-state index contributed by atoms with van der Waals surface area (Å²) in [5.41, 5.74) is 6.45. The van der Waals surface area contributed by atoms with Gasteiger partial charge in [-0.2, -0.15) is 0 Å². The van der Waals surface area contributed by atoms with Crippen LogP contribution in [0.15, 0.2) is 96.2 Å². The van der Waals surface area contributed by atoms with Gasteiger partial charge in [0.25, 0.3) is 11.8 Å². The van der Waals surface area contributed by atoms with Crippen LogP contribution in [0.3, 0.4) is 0 Å². The second-order valence-electron chi connectivity index (χ2n) is 14.7. The van der Waals surface area contributed by atoms with Crippen molar-refractivity contribution in [3.63, 3.8) is 0 Å². The molecular formula is C40H45N5O10S. The molecule has 0 radical (unpaired) electrons. The number of amides is 4. The third-order valence-corrected chi connectivity index (χ3v) is 11.2. The van der Waals surface area contributed by atoms with Crippen LogP contribution in [0.4, 0.5) is 9.59 Å². The zero-order chi connectivity index (χ0) is 40.3. The number of β-lactam (4-membered cyclic amide) rings is 1. The first-order chi connectivity index (χ1) is 26.6. The van der Waals surface area contributed by atoms with Crippen molar-refractivity contribution in [2.75, 3.05) is 45.6 Å². The molecule has 15 nitrogen and oxygen atoms in total. The van der Waals surface area contributed by atoms with Crippen molar-refractivity contribution >= 4 is 40.8 Å². The molecule has 2 saturated heterocycles. The Labute approximate surface area is 327 Å². The van der Waals surface area contributed by atoms with Gasteiger partial charge in [0.1, 0.15) is 35.1 Å². The van der Waals surface area contributed by atoms with Crippen LogP contribution >= 0.6 is 0 Å². The van der Waals surface area contributed by atoms with E-state index in [1.165, 1.54) is 29.2 Å². The molecule has 0 bridgehead atoms. The fraction of sp³-hybridized carbons (Fsp3) is 0.375. The quantitative estimate of drug-likeness (QED) is 0.183. The van der Waals surface area contributed by atoms with Crippen molar-refractivity contribution in [3.8, 4) is 5.75 Å². The Hall–Kier alpha value is -5.58. The Morgan fingerprint density at radius 3 is 2.02 bits per heavy atom. The van der Waals surface area contributed by atoms with E-state index in [4.69, 9.17) is 19.9 Å². The molecule has 3 N–H and O–H groups in total. The van der Waals surface area contributed by atoms with E-state index in [-0.39, 0.29) is 28.3 Å². The molecule has 0 spiro atoms. The number of hydrogen-bond donors (Lipinski definition) is 2. The second-order valence-corrected chi connectivity index (χ2v) is 16.3. The van der Waals surface area contributed by atoms with Crippen LogP contribution in [-0.4, -0.2) is 121 Å². The maximum absolute atomic E-state index is 14.5. The monoisotopic (exact) mass is 787 g/mol. The Balaban J connectivity index is 1.37. The minimum Gasteiger partial charge on any atom is -0.508 e. The van der Waals surface area contributed by atoms with Gasteiger partial charge in [-0.3, -0.25) is 18.7 Å². The van der Waals surface area contributed by atoms with Gasteiger partial charge >= 0.3 is 18.2 Å². The highest BCUT2D eigenvalue weighted by Crippen LogP contribution is 2.40. The lowest BCUT2D eigenvalue weighted by Crippen LogP contribution is -2.75. The van der Waals surface area contributed by atoms with Crippen molar-refractivity contribution in [2.24, 2.45) is 5.73 Å². The molecule has 56 heavy (non-hydrogen) atoms. The number of piperazine rings is 1. The lowest BCUT2D eigenvalue weighted by molar-refractivity contribution is -0.161. The summed E-state index contributed by atoms with van der Waals surface area (Å²) in [7, 11) is -0.103. The Bertz CT molecular complexity index is 1970. The highest BCUT2D eigenvalue weighted by Gasteiger charge is 2.62. The highest BCUT2D eigenvalue weighted by atomic mass is 32.2. The molecule has 2 unspecified atom stereocenters. The Morgan fingerprint density at radius 1 is 0.893 bits per heavy atom. The van der Waals surface area contributed by atoms with Crippen molar-refractivity contribution < 1.29 is 47.5 Å². The van der Waals surface area contributed by atoms with Gasteiger partial charge in [-0.15, -0.1) is 0 Å². The van der Waals surface area contributed by atoms with E-state index in [2.05, 4.69) is 4.90 Å². The predicted octanol–water partition coefficient (Wildman–Crippen LogP) is 3.43. The van der Waals surface area contributed by atoms with Crippen LogP contribution in [0.1, 0.15) is 49.6 Å². The number of phenols is 1. The number of aromatic hydroxyl groups is 1. The van der Waals surface area contributed by atoms with Gasteiger partial charge in [-0.1, -0.05) is 72.8 Å². The maximum atomic E-state index is 14.5. The van der Waals surface area contributed by atoms with Gasteiger partial charge in [-0.05, 0) is 56.6 Å². The minimum absolute atomic E-state index is 0.0645. The van der Waals surface area contributed by atoms with Crippen LogP contribution in [0.2, 0.25) is 0 Å². The molecule has 3 aliphatic rings. The number of rotatable bonds is 9. The molecule has 2 fully saturated rings. The number of fused-ring (bicyclic) bond motifs is 1. The van der Waals surface area contributed by atoms with Crippen molar-refractivity contribution in [1.29, 1.82) is 0 Å². The number of likely N-dealkylation sites (N-methyl/N-ethyl adjacent to an activating group) is 1. The average molecular weight is 788 g/mol. The number of ether oxygens (including phenoxy) is 3. The summed E-state index contributed by atoms with van der Waals surface area (Å²) in [5.74, 6) is -3.37. The number of nitrogens with two attached hydrogens (primary N) is 1. The summed E-state index contributed by atoms with van der Waals surface area (Å²) in [6.45, 7) is 6.34. The molecule has 3 heterocycles. The summed E-state index contributed by atoms with van der Waals surface area (Å²) in [6.07, 6.45) is -2.79. The number of phenolic OH excluding ortho intramolecular Hbond substituents is 1. The third kappa shape index (κ3) is 8.62. The van der Waals surface area contributed by atoms with E-state index in [1.807, 2.05) is 19.2 Å². The topological polar surface area (TPSA) is 189 Å². The standard InChI is InChI=1S/C40H45N5O10S/c1-40(2,3)55-39(51)45(34(47)30(41)25-15-17-29(46)18-16-25)32-35(48)44-31(37(49)54-33(26-11-7-5-8-12-26)27-13-9-6-10-14-27)28(24-56(52)36(32)44)23-53-38(50)43-21-19-42(4)20-22-43/h5-18,30,32-33,36,46H,19-24,41H2,1-4H3/t30-,32?,36-,56?/m1/s1. The van der Waals surface area contributed by atoms with E-state index < -0.39 is 76.5 Å². The van der Waals surface area contributed by atoms with Crippen LogP contribution in [0.5, 0.6) is 5.75 Å². The molecule has 4 atom stereocenters. The number of imide groups is 1. The van der Waals surface area contributed by atoms with Crippen LogP contribution in [-0.2, 0) is 39.4 Å². The fourth-order valence-corrected chi connectivity index (χ4v) is 8.34. The smallest absolute Gasteiger partial charge is 0.417 e. The summed E-state index contributed by atoms with van der Waals surface area (Å²) in [5, 5.41) is 8.38. The normalized spacial score (nSPS) is 20.5. The fourth-order valence-electron chi connectivity index (χ4n) is 6.64. The van der Waals surface area contributed by atoms with E-state index in [1.54, 1.807) is 69.3 Å². The molecule has 3 aromatic rings. The molecule has 6 rings (SSSR count). The molecule has 0 saturated carbocycles. The predicted molar refractivity (Wildman–Crippen MR) is 204 cm³/mol. The number of benzene rings is 3. The Kier molecular flexibility index (Phi) is 11.9. The molecule has 0 aromatic heterocycles. The van der Waals surface area contributed by atoms with Crippen molar-refractivity contribution in [3.05, 3.63) is 113 Å². The highest BCUT2D eigenvalue weighted by molar-refractivity contribution is 7.86. The molecular weight excluding hydrogens is 743 g/mol. The van der Waals surface area contributed by atoms with Gasteiger partial charge in [0, 0.05) is 31.8 Å². The zero-order valence-corrected chi connectivity index (χ0v) is 32.3. The first-order valence-corrected chi connectivity index (χ1v) is 19.5. The van der Waals surface area contributed by atoms with Gasteiger partial charge in [0.2, 0.25) is 0 Å². The van der Waals surface area contributed by atoms with E-state index in [9.17, 15) is 33.3 Å². The maximum Gasteiger partial charge on any atom is 0.417 e. The van der Waals surface area contributed by atoms with Crippen LogP contribution in [0, 0.1) is 0 Å². The SMILES string of the molecule is CN1CCN(C(=O)OCC2=C(C(=O)OC(c3ccccc3)c3ccccc3)N3C(=O)C(N(C(=O)OC(C)(C)C)C(=O)[C@H](N)c4ccc(O)cc4)[C@H]3S(=O)C2)CC1. The first kappa shape index (κ1) is 40.1. The molecule has 3 aliphatic heterocycles. The lowest BCUT2D eigenvalue weighted by Gasteiger charge is -2.52. The number of carbonyl (C=O) groups excluding carboxylic acids is 5. The summed E-state index contributed by atoms with van der Waals surface area (Å²) in [4.78, 5) is 75.1. The number of hydrogen-bond acceptors (Lipinski definition) is 12. The zero-order valence-electron chi connectivity index (χ0n) is 31.5. The Morgan fingerprint density at radius 2 is 1.46 bits per heavy atom. The van der Waals surface area contributed by atoms with Gasteiger partial charge in [-0.25, -0.2) is 19.3 Å². The van der Waals surface area contributed by atoms with Gasteiger partial charge in [0.15, 0.2) is 12.1 Å². The van der Waals surface area contributed by atoms with Crippen molar-refractivity contribution in [1.82, 2.24) is 19.6 Å². The van der Waals surface area contributed by atoms with Gasteiger partial charge in [0.05, 0.1) is 16.6 Å². The molecule has 3 aromatic carbocycles. The summed E-state index contributed by atoms with van der Waals surface area (Å²) >= 11 is 0. The number of carbonyl (C=O) groups is 5. The van der Waals surface area contributed by atoms with E-state index in [0.29, 0.717) is 42.2 Å². The number of nitrogens with zero attached hydrogens (tertiary/aromatic N) is 4. The largest absolute Gasteiger partial charge is 0.508 e. The van der Waals surface area contributed by atoms with E-state index in [0.717, 1.165) is 4.90 Å².